The summed E-state index contributed by atoms with van der Waals surface area (Å²) in [7, 11) is 0. The maximum atomic E-state index is 12.1. The molecule has 6 nitrogen and oxygen atoms in total. The van der Waals surface area contributed by atoms with Crippen LogP contribution in [0.1, 0.15) is 26.3 Å². The lowest BCUT2D eigenvalue weighted by Gasteiger charge is -2.14. The van der Waals surface area contributed by atoms with Crippen molar-refractivity contribution in [1.82, 2.24) is 4.90 Å². The van der Waals surface area contributed by atoms with E-state index in [9.17, 15) is 19.2 Å². The fourth-order valence-electron chi connectivity index (χ4n) is 2.37. The molecule has 2 amide bonds. The Kier molecular flexibility index (Phi) is 2.53. The summed E-state index contributed by atoms with van der Waals surface area (Å²) in [6, 6.07) is 6.53. The fourth-order valence-corrected chi connectivity index (χ4v) is 2.37. The van der Waals surface area contributed by atoms with Crippen LogP contribution >= 0.6 is 0 Å². The molecule has 0 unspecified atom stereocenters. The molecule has 0 saturated carbocycles. The average molecular weight is 270 g/mol. The van der Waals surface area contributed by atoms with Crippen LogP contribution in [0.2, 0.25) is 0 Å². The van der Waals surface area contributed by atoms with Crippen LogP contribution < -0.4 is 16.6 Å². The minimum Gasteiger partial charge on any atom is -0.395 e. The van der Waals surface area contributed by atoms with E-state index in [0.29, 0.717) is 11.1 Å². The molecule has 0 bridgehead atoms. The lowest BCUT2D eigenvalue weighted by Crippen LogP contribution is -2.41. The van der Waals surface area contributed by atoms with Crippen molar-refractivity contribution in [2.45, 2.75) is 6.42 Å². The lowest BCUT2D eigenvalue weighted by molar-refractivity contribution is 0.0656. The van der Waals surface area contributed by atoms with Gasteiger partial charge in [-0.2, -0.15) is 0 Å². The Balaban J connectivity index is 1.81. The molecule has 2 aromatic carbocycles. The summed E-state index contributed by atoms with van der Waals surface area (Å²) in [5, 5.41) is 0. The molecule has 2 aromatic rings. The van der Waals surface area contributed by atoms with Gasteiger partial charge in [0.05, 0.1) is 16.8 Å². The van der Waals surface area contributed by atoms with Crippen LogP contribution in [-0.4, -0.2) is 23.3 Å². The van der Waals surface area contributed by atoms with E-state index in [2.05, 4.69) is 0 Å². The second-order valence-corrected chi connectivity index (χ2v) is 4.61. The Morgan fingerprint density at radius 3 is 1.95 bits per heavy atom. The van der Waals surface area contributed by atoms with E-state index in [-0.39, 0.29) is 36.0 Å². The molecule has 0 spiro atoms. The Labute approximate surface area is 113 Å². The van der Waals surface area contributed by atoms with Crippen LogP contribution in [0.25, 0.3) is 0 Å². The summed E-state index contributed by atoms with van der Waals surface area (Å²) < 4.78 is 0. The predicted octanol–water partition coefficient (Wildman–Crippen LogP) is -0.296. The van der Waals surface area contributed by atoms with Crippen molar-refractivity contribution in [1.29, 1.82) is 0 Å². The van der Waals surface area contributed by atoms with Gasteiger partial charge in [0.1, 0.15) is 0 Å². The van der Waals surface area contributed by atoms with Gasteiger partial charge in [0.25, 0.3) is 11.8 Å². The number of hydrogen-bond donors (Lipinski definition) is 1. The normalized spacial score (nSPS) is 14.1. The second-order valence-electron chi connectivity index (χ2n) is 4.61. The number of nitrogen functional groups attached to an aromatic ring is 1. The van der Waals surface area contributed by atoms with Crippen LogP contribution in [0, 0.1) is 0 Å². The van der Waals surface area contributed by atoms with Crippen LogP contribution in [0.4, 0.5) is 5.69 Å². The number of fused-ring (bicyclic) bond motifs is 1. The standard InChI is InChI=1S/C14H10N2O4/c15-10-9(11(17)12(10)18)5-6-16-13(19)7-3-1-2-4-8(7)14(16)20/h1-4H,5-6,15H2. The number of hydrogen-bond acceptors (Lipinski definition) is 5. The summed E-state index contributed by atoms with van der Waals surface area (Å²) >= 11 is 0. The number of carbonyl (C=O) groups is 2. The lowest BCUT2D eigenvalue weighted by atomic mass is 10.0. The highest BCUT2D eigenvalue weighted by Crippen LogP contribution is 2.22. The summed E-state index contributed by atoms with van der Waals surface area (Å²) in [6.45, 7) is 0.0431. The number of anilines is 1. The molecule has 0 aromatic heterocycles. The van der Waals surface area contributed by atoms with Gasteiger partial charge in [-0.25, -0.2) is 0 Å². The Hall–Kier alpha value is -2.76. The van der Waals surface area contributed by atoms with E-state index in [4.69, 9.17) is 5.73 Å². The highest BCUT2D eigenvalue weighted by Gasteiger charge is 2.35. The van der Waals surface area contributed by atoms with Crippen molar-refractivity contribution in [2.75, 3.05) is 12.3 Å². The van der Waals surface area contributed by atoms with Gasteiger partial charge >= 0.3 is 0 Å². The van der Waals surface area contributed by atoms with E-state index < -0.39 is 10.9 Å². The van der Waals surface area contributed by atoms with Crippen molar-refractivity contribution in [3.63, 3.8) is 0 Å². The number of rotatable bonds is 3. The van der Waals surface area contributed by atoms with Gasteiger partial charge in [-0.1, -0.05) is 12.1 Å². The molecule has 1 heterocycles. The quantitative estimate of drug-likeness (QED) is 0.610. The first kappa shape index (κ1) is 12.3. The second kappa shape index (κ2) is 4.12. The third-order valence-corrected chi connectivity index (χ3v) is 3.51. The van der Waals surface area contributed by atoms with Crippen LogP contribution in [0.5, 0.6) is 0 Å². The molecule has 2 N–H and O–H groups in total. The summed E-state index contributed by atoms with van der Waals surface area (Å²) in [6.07, 6.45) is 0.113. The highest BCUT2D eigenvalue weighted by molar-refractivity contribution is 6.21. The first-order valence-corrected chi connectivity index (χ1v) is 6.05. The first-order valence-electron chi connectivity index (χ1n) is 6.05. The zero-order valence-corrected chi connectivity index (χ0v) is 10.4. The molecule has 0 radical (unpaired) electrons. The molecule has 0 atom stereocenters. The molecule has 1 aliphatic rings. The monoisotopic (exact) mass is 270 g/mol. The Morgan fingerprint density at radius 1 is 0.900 bits per heavy atom. The Bertz CT molecular complexity index is 780. The van der Waals surface area contributed by atoms with E-state index in [1.165, 1.54) is 0 Å². The smallest absolute Gasteiger partial charge is 0.261 e. The van der Waals surface area contributed by atoms with Gasteiger partial charge in [0.15, 0.2) is 0 Å². The van der Waals surface area contributed by atoms with Crippen molar-refractivity contribution < 1.29 is 9.59 Å². The van der Waals surface area contributed by atoms with Crippen molar-refractivity contribution in [3.8, 4) is 0 Å². The summed E-state index contributed by atoms with van der Waals surface area (Å²) in [5.41, 5.74) is 4.95. The van der Waals surface area contributed by atoms with E-state index in [0.717, 1.165) is 4.90 Å². The predicted molar refractivity (Wildman–Crippen MR) is 71.3 cm³/mol. The molecule has 6 heteroatoms. The van der Waals surface area contributed by atoms with Crippen molar-refractivity contribution in [2.24, 2.45) is 0 Å². The van der Waals surface area contributed by atoms with Crippen molar-refractivity contribution in [3.05, 3.63) is 61.4 Å². The van der Waals surface area contributed by atoms with Gasteiger partial charge in [-0.15, -0.1) is 0 Å². The average Bonchev–Trinajstić information content (AvgIpc) is 2.72. The van der Waals surface area contributed by atoms with Gasteiger partial charge in [0.2, 0.25) is 10.9 Å². The minimum atomic E-state index is -0.692. The third-order valence-electron chi connectivity index (χ3n) is 3.51. The number of imide groups is 1. The van der Waals surface area contributed by atoms with Gasteiger partial charge in [0, 0.05) is 12.1 Å². The summed E-state index contributed by atoms with van der Waals surface area (Å²) in [4.78, 5) is 47.5. The number of nitrogens with two attached hydrogens (primary N) is 1. The van der Waals surface area contributed by atoms with Crippen LogP contribution in [-0.2, 0) is 6.42 Å². The molecular formula is C14H10N2O4. The summed E-state index contributed by atoms with van der Waals surface area (Å²) in [5.74, 6) is -0.772. The largest absolute Gasteiger partial charge is 0.395 e. The highest BCUT2D eigenvalue weighted by atomic mass is 16.2. The number of carbonyl (C=O) groups excluding carboxylic acids is 2. The van der Waals surface area contributed by atoms with Gasteiger partial charge in [-0.05, 0) is 18.6 Å². The fraction of sp³-hybridized carbons (Fsp3) is 0.143. The molecule has 20 heavy (non-hydrogen) atoms. The molecule has 3 rings (SSSR count). The van der Waals surface area contributed by atoms with Gasteiger partial charge in [-0.3, -0.25) is 24.1 Å². The SMILES string of the molecule is Nc1c(CCN2C(=O)c3ccccc3C2=O)c(=O)c1=O. The molecule has 100 valence electrons. The number of amides is 2. The van der Waals surface area contributed by atoms with Crippen molar-refractivity contribution >= 4 is 17.5 Å². The maximum Gasteiger partial charge on any atom is 0.261 e. The zero-order chi connectivity index (χ0) is 14.4. The molecule has 0 aliphatic carbocycles. The molecule has 0 fully saturated rings. The minimum absolute atomic E-state index is 0.0431. The van der Waals surface area contributed by atoms with E-state index in [1.54, 1.807) is 24.3 Å². The van der Waals surface area contributed by atoms with Gasteiger partial charge < -0.3 is 5.73 Å². The number of benzene rings is 1. The van der Waals surface area contributed by atoms with E-state index in [1.807, 2.05) is 0 Å². The number of nitrogens with zero attached hydrogens (tertiary/aromatic N) is 1. The third kappa shape index (κ3) is 1.51. The molecule has 0 saturated heterocycles. The molecule has 1 aliphatic heterocycles. The zero-order valence-electron chi connectivity index (χ0n) is 10.4. The molecular weight excluding hydrogens is 260 g/mol. The van der Waals surface area contributed by atoms with Crippen LogP contribution in [0.15, 0.2) is 33.9 Å². The van der Waals surface area contributed by atoms with E-state index >= 15 is 0 Å². The first-order chi connectivity index (χ1) is 9.52. The Morgan fingerprint density at radius 2 is 1.45 bits per heavy atom. The van der Waals surface area contributed by atoms with Crippen LogP contribution in [0.3, 0.4) is 0 Å². The maximum absolute atomic E-state index is 12.1. The topological polar surface area (TPSA) is 97.5 Å².